The molecule has 1 aromatic rings. The number of rotatable bonds is 5. The molecular weight excluding hydrogens is 283 g/mol. The molecule has 1 aliphatic rings. The number of halogens is 1. The van der Waals surface area contributed by atoms with Crippen molar-refractivity contribution in [1.82, 2.24) is 10.2 Å². The van der Waals surface area contributed by atoms with Crippen molar-refractivity contribution in [1.29, 1.82) is 0 Å². The molecule has 2 N–H and O–H groups in total. The van der Waals surface area contributed by atoms with Crippen LogP contribution in [0.15, 0.2) is 24.3 Å². The Labute approximate surface area is 131 Å². The summed E-state index contributed by atoms with van der Waals surface area (Å²) in [5.74, 6) is -0.238. The number of carbonyl (C=O) groups excluding carboxylic acids is 1. The normalized spacial score (nSPS) is 18.0. The lowest BCUT2D eigenvalue weighted by Gasteiger charge is -2.31. The van der Waals surface area contributed by atoms with Crippen molar-refractivity contribution in [3.63, 3.8) is 0 Å². The molecule has 1 saturated carbocycles. The number of aliphatic hydroxyl groups excluding tert-OH is 1. The number of amides is 2. The highest BCUT2D eigenvalue weighted by Crippen LogP contribution is 2.40. The zero-order chi connectivity index (χ0) is 16.2. The first-order valence-electron chi connectivity index (χ1n) is 7.86. The third-order valence-electron chi connectivity index (χ3n) is 4.48. The maximum atomic E-state index is 13.1. The van der Waals surface area contributed by atoms with E-state index in [-0.39, 0.29) is 17.3 Å². The molecule has 122 valence electrons. The number of hydrogen-bond donors (Lipinski definition) is 2. The molecule has 0 radical (unpaired) electrons. The van der Waals surface area contributed by atoms with Gasteiger partial charge in [0.2, 0.25) is 0 Å². The fourth-order valence-electron chi connectivity index (χ4n) is 3.28. The minimum atomic E-state index is -0.548. The molecule has 1 atom stereocenters. The Morgan fingerprint density at radius 3 is 2.50 bits per heavy atom. The second-order valence-electron chi connectivity index (χ2n) is 6.38. The highest BCUT2D eigenvalue weighted by atomic mass is 19.1. The van der Waals surface area contributed by atoms with Gasteiger partial charge in [0, 0.05) is 25.6 Å². The third kappa shape index (κ3) is 3.97. The Hall–Kier alpha value is -1.62. The molecule has 0 aromatic heterocycles. The Bertz CT molecular complexity index is 496. The van der Waals surface area contributed by atoms with Crippen LogP contribution in [0.5, 0.6) is 0 Å². The topological polar surface area (TPSA) is 52.6 Å². The lowest BCUT2D eigenvalue weighted by Crippen LogP contribution is -2.46. The summed E-state index contributed by atoms with van der Waals surface area (Å²) >= 11 is 0. The minimum Gasteiger partial charge on any atom is -0.392 e. The molecule has 0 heterocycles. The molecule has 0 aliphatic heterocycles. The molecule has 0 bridgehead atoms. The van der Waals surface area contributed by atoms with E-state index in [0.29, 0.717) is 13.1 Å². The SMILES string of the molecule is CC(O)CN(C)C(=O)NCC1(c2ccc(F)cc2)CCCC1. The standard InChI is InChI=1S/C17H25FN2O2/c1-13(21)11-20(2)16(22)19-12-17(9-3-4-10-17)14-5-7-15(18)8-6-14/h5-8,13,21H,3-4,9-12H2,1-2H3,(H,19,22). The van der Waals surface area contributed by atoms with Gasteiger partial charge >= 0.3 is 6.03 Å². The van der Waals surface area contributed by atoms with Crippen LogP contribution in [0.3, 0.4) is 0 Å². The first-order valence-corrected chi connectivity index (χ1v) is 7.86. The molecule has 1 aromatic carbocycles. The number of likely N-dealkylation sites (N-methyl/N-ethyl adjacent to an activating group) is 1. The van der Waals surface area contributed by atoms with Crippen molar-refractivity contribution < 1.29 is 14.3 Å². The van der Waals surface area contributed by atoms with Crippen LogP contribution in [0, 0.1) is 5.82 Å². The van der Waals surface area contributed by atoms with Crippen LogP contribution in [0.25, 0.3) is 0 Å². The van der Waals surface area contributed by atoms with Gasteiger partial charge in [-0.1, -0.05) is 25.0 Å². The monoisotopic (exact) mass is 308 g/mol. The second kappa shape index (κ2) is 7.09. The number of carbonyl (C=O) groups is 1. The summed E-state index contributed by atoms with van der Waals surface area (Å²) in [5, 5.41) is 12.3. The fourth-order valence-corrected chi connectivity index (χ4v) is 3.28. The Morgan fingerprint density at radius 1 is 1.36 bits per heavy atom. The van der Waals surface area contributed by atoms with Crippen molar-refractivity contribution in [3.05, 3.63) is 35.6 Å². The van der Waals surface area contributed by atoms with Crippen molar-refractivity contribution in [3.8, 4) is 0 Å². The summed E-state index contributed by atoms with van der Waals surface area (Å²) in [6, 6.07) is 6.43. The number of nitrogens with one attached hydrogen (secondary N) is 1. The van der Waals surface area contributed by atoms with Gasteiger partial charge in [0.25, 0.3) is 0 Å². The molecule has 2 rings (SSSR count). The average Bonchev–Trinajstić information content (AvgIpc) is 2.94. The smallest absolute Gasteiger partial charge is 0.317 e. The van der Waals surface area contributed by atoms with Crippen LogP contribution >= 0.6 is 0 Å². The van der Waals surface area contributed by atoms with Crippen LogP contribution in [0.4, 0.5) is 9.18 Å². The van der Waals surface area contributed by atoms with Crippen LogP contribution in [0.2, 0.25) is 0 Å². The summed E-state index contributed by atoms with van der Waals surface area (Å²) in [5.41, 5.74) is 0.986. The van der Waals surface area contributed by atoms with Crippen LogP contribution in [0.1, 0.15) is 38.2 Å². The molecule has 1 unspecified atom stereocenters. The van der Waals surface area contributed by atoms with Gasteiger partial charge in [0.15, 0.2) is 0 Å². The highest BCUT2D eigenvalue weighted by Gasteiger charge is 2.36. The van der Waals surface area contributed by atoms with Crippen molar-refractivity contribution >= 4 is 6.03 Å². The fraction of sp³-hybridized carbons (Fsp3) is 0.588. The first-order chi connectivity index (χ1) is 10.4. The second-order valence-corrected chi connectivity index (χ2v) is 6.38. The van der Waals surface area contributed by atoms with Gasteiger partial charge in [-0.3, -0.25) is 0 Å². The predicted molar refractivity (Wildman–Crippen MR) is 84.3 cm³/mol. The third-order valence-corrected chi connectivity index (χ3v) is 4.48. The molecular formula is C17H25FN2O2. The van der Waals surface area contributed by atoms with Crippen molar-refractivity contribution in [2.24, 2.45) is 0 Å². The largest absolute Gasteiger partial charge is 0.392 e. The summed E-state index contributed by atoms with van der Waals surface area (Å²) < 4.78 is 13.1. The number of hydrogen-bond acceptors (Lipinski definition) is 2. The Kier molecular flexibility index (Phi) is 5.40. The average molecular weight is 308 g/mol. The van der Waals surface area contributed by atoms with E-state index in [1.807, 2.05) is 12.1 Å². The summed E-state index contributed by atoms with van der Waals surface area (Å²) in [6.07, 6.45) is 3.69. The quantitative estimate of drug-likeness (QED) is 0.878. The lowest BCUT2D eigenvalue weighted by atomic mass is 9.79. The number of aliphatic hydroxyl groups is 1. The molecule has 4 nitrogen and oxygen atoms in total. The lowest BCUT2D eigenvalue weighted by molar-refractivity contribution is 0.143. The van der Waals surface area contributed by atoms with Gasteiger partial charge in [-0.05, 0) is 37.5 Å². The zero-order valence-corrected chi connectivity index (χ0v) is 13.3. The summed E-state index contributed by atoms with van der Waals surface area (Å²) in [7, 11) is 1.67. The predicted octanol–water partition coefficient (Wildman–Crippen LogP) is 2.66. The van der Waals surface area contributed by atoms with E-state index in [9.17, 15) is 14.3 Å². The highest BCUT2D eigenvalue weighted by molar-refractivity contribution is 5.74. The van der Waals surface area contributed by atoms with Gasteiger partial charge in [-0.2, -0.15) is 0 Å². The molecule has 1 fully saturated rings. The summed E-state index contributed by atoms with van der Waals surface area (Å²) in [4.78, 5) is 13.6. The number of urea groups is 1. The summed E-state index contributed by atoms with van der Waals surface area (Å²) in [6.45, 7) is 2.50. The zero-order valence-electron chi connectivity index (χ0n) is 13.3. The van der Waals surface area contributed by atoms with Crippen LogP contribution in [-0.2, 0) is 5.41 Å². The molecule has 5 heteroatoms. The van der Waals surface area contributed by atoms with E-state index in [2.05, 4.69) is 5.32 Å². The first kappa shape index (κ1) is 16.7. The van der Waals surface area contributed by atoms with Crippen LogP contribution in [-0.4, -0.2) is 42.3 Å². The van der Waals surface area contributed by atoms with Crippen molar-refractivity contribution in [2.45, 2.75) is 44.1 Å². The van der Waals surface area contributed by atoms with Crippen molar-refractivity contribution in [2.75, 3.05) is 20.1 Å². The molecule has 0 spiro atoms. The van der Waals surface area contributed by atoms with E-state index in [1.165, 1.54) is 17.0 Å². The van der Waals surface area contributed by atoms with Gasteiger partial charge in [-0.25, -0.2) is 9.18 Å². The van der Waals surface area contributed by atoms with E-state index in [0.717, 1.165) is 31.2 Å². The van der Waals surface area contributed by atoms with Gasteiger partial charge in [0.05, 0.1) is 6.10 Å². The van der Waals surface area contributed by atoms with E-state index >= 15 is 0 Å². The van der Waals surface area contributed by atoms with E-state index in [4.69, 9.17) is 0 Å². The van der Waals surface area contributed by atoms with Gasteiger partial charge < -0.3 is 15.3 Å². The molecule has 0 saturated heterocycles. The minimum absolute atomic E-state index is 0.102. The molecule has 2 amide bonds. The molecule has 22 heavy (non-hydrogen) atoms. The van der Waals surface area contributed by atoms with Gasteiger partial charge in [-0.15, -0.1) is 0 Å². The van der Waals surface area contributed by atoms with Gasteiger partial charge in [0.1, 0.15) is 5.82 Å². The van der Waals surface area contributed by atoms with E-state index in [1.54, 1.807) is 14.0 Å². The molecule has 1 aliphatic carbocycles. The number of benzene rings is 1. The number of nitrogens with zero attached hydrogens (tertiary/aromatic N) is 1. The maximum Gasteiger partial charge on any atom is 0.317 e. The van der Waals surface area contributed by atoms with Crippen LogP contribution < -0.4 is 5.32 Å². The Morgan fingerprint density at radius 2 is 1.95 bits per heavy atom. The van der Waals surface area contributed by atoms with E-state index < -0.39 is 6.10 Å². The maximum absolute atomic E-state index is 13.1. The Balaban J connectivity index is 2.03.